The second-order valence-corrected chi connectivity index (χ2v) is 3.87. The van der Waals surface area contributed by atoms with Crippen LogP contribution in [0.15, 0.2) is 18.2 Å². The molecule has 0 atom stereocenters. The smallest absolute Gasteiger partial charge is 0.303 e. The van der Waals surface area contributed by atoms with Gasteiger partial charge in [-0.1, -0.05) is 0 Å². The van der Waals surface area contributed by atoms with Gasteiger partial charge in [0, 0.05) is 24.2 Å². The van der Waals surface area contributed by atoms with Crippen LogP contribution in [0.5, 0.6) is 0 Å². The molecule has 0 aromatic heterocycles. The lowest BCUT2D eigenvalue weighted by atomic mass is 10.1. The Bertz CT molecular complexity index is 430. The second kappa shape index (κ2) is 5.89. The van der Waals surface area contributed by atoms with Crippen molar-refractivity contribution < 1.29 is 14.7 Å². The van der Waals surface area contributed by atoms with Crippen LogP contribution >= 0.6 is 0 Å². The van der Waals surface area contributed by atoms with E-state index in [9.17, 15) is 9.59 Å². The van der Waals surface area contributed by atoms with Crippen molar-refractivity contribution >= 4 is 23.3 Å². The molecule has 1 rings (SSSR count). The molecule has 0 aliphatic carbocycles. The van der Waals surface area contributed by atoms with E-state index < -0.39 is 5.97 Å². The Morgan fingerprint density at radius 3 is 2.65 bits per heavy atom. The molecular weight excluding hydrogens is 220 g/mol. The predicted molar refractivity (Wildman–Crippen MR) is 65.7 cm³/mol. The normalized spacial score (nSPS) is 9.94. The summed E-state index contributed by atoms with van der Waals surface area (Å²) in [6, 6.07) is 5.21. The van der Waals surface area contributed by atoms with Gasteiger partial charge < -0.3 is 16.2 Å². The molecule has 0 radical (unpaired) electrons. The summed E-state index contributed by atoms with van der Waals surface area (Å²) in [5.74, 6) is -1.07. The molecule has 0 aliphatic heterocycles. The molecule has 0 heterocycles. The number of nitrogens with one attached hydrogen (secondary N) is 1. The van der Waals surface area contributed by atoms with Crippen molar-refractivity contribution in [3.8, 4) is 0 Å². The van der Waals surface area contributed by atoms with E-state index in [1.54, 1.807) is 18.2 Å². The van der Waals surface area contributed by atoms with E-state index in [1.165, 1.54) is 0 Å². The Kier molecular flexibility index (Phi) is 4.51. The fourth-order valence-electron chi connectivity index (χ4n) is 1.44. The maximum absolute atomic E-state index is 11.5. The Labute approximate surface area is 99.6 Å². The largest absolute Gasteiger partial charge is 0.481 e. The molecule has 5 heteroatoms. The van der Waals surface area contributed by atoms with Gasteiger partial charge in [-0.05, 0) is 37.1 Å². The first-order valence-corrected chi connectivity index (χ1v) is 5.37. The molecule has 4 N–H and O–H groups in total. The first-order chi connectivity index (χ1) is 7.99. The van der Waals surface area contributed by atoms with Gasteiger partial charge >= 0.3 is 5.97 Å². The third kappa shape index (κ3) is 4.55. The van der Waals surface area contributed by atoms with Crippen LogP contribution < -0.4 is 11.1 Å². The number of aryl methyl sites for hydroxylation is 1. The van der Waals surface area contributed by atoms with Gasteiger partial charge in [0.2, 0.25) is 5.91 Å². The van der Waals surface area contributed by atoms with Gasteiger partial charge in [-0.2, -0.15) is 0 Å². The summed E-state index contributed by atoms with van der Waals surface area (Å²) in [6.45, 7) is 1.85. The minimum absolute atomic E-state index is 0.00808. The van der Waals surface area contributed by atoms with Crippen LogP contribution in [0.4, 0.5) is 11.4 Å². The number of hydrogen-bond acceptors (Lipinski definition) is 3. The summed E-state index contributed by atoms with van der Waals surface area (Å²) in [5, 5.41) is 11.2. The van der Waals surface area contributed by atoms with Crippen LogP contribution in [0.2, 0.25) is 0 Å². The maximum atomic E-state index is 11.5. The fraction of sp³-hybridized carbons (Fsp3) is 0.333. The Hall–Kier alpha value is -2.04. The highest BCUT2D eigenvalue weighted by Crippen LogP contribution is 2.17. The van der Waals surface area contributed by atoms with E-state index in [2.05, 4.69) is 5.32 Å². The van der Waals surface area contributed by atoms with Crippen LogP contribution in [0, 0.1) is 6.92 Å². The highest BCUT2D eigenvalue weighted by atomic mass is 16.4. The molecule has 1 amide bonds. The number of aliphatic carboxylic acids is 1. The molecule has 17 heavy (non-hydrogen) atoms. The first kappa shape index (κ1) is 13.0. The van der Waals surface area contributed by atoms with Gasteiger partial charge in [0.15, 0.2) is 0 Å². The minimum Gasteiger partial charge on any atom is -0.481 e. The number of carbonyl (C=O) groups is 2. The quantitative estimate of drug-likeness (QED) is 0.679. The van der Waals surface area contributed by atoms with Crippen molar-refractivity contribution in [3.63, 3.8) is 0 Å². The second-order valence-electron chi connectivity index (χ2n) is 3.87. The zero-order chi connectivity index (χ0) is 12.8. The number of amides is 1. The van der Waals surface area contributed by atoms with Crippen molar-refractivity contribution in [3.05, 3.63) is 23.8 Å². The third-order valence-electron chi connectivity index (χ3n) is 2.32. The van der Waals surface area contributed by atoms with E-state index in [-0.39, 0.29) is 18.7 Å². The molecule has 5 nitrogen and oxygen atoms in total. The van der Waals surface area contributed by atoms with Gasteiger partial charge in [-0.15, -0.1) is 0 Å². The number of anilines is 2. The summed E-state index contributed by atoms with van der Waals surface area (Å²) < 4.78 is 0. The molecule has 92 valence electrons. The fourth-order valence-corrected chi connectivity index (χ4v) is 1.44. The molecular formula is C12H16N2O3. The summed E-state index contributed by atoms with van der Waals surface area (Å²) in [4.78, 5) is 21.8. The zero-order valence-corrected chi connectivity index (χ0v) is 9.69. The van der Waals surface area contributed by atoms with Crippen LogP contribution in [-0.2, 0) is 9.59 Å². The lowest BCUT2D eigenvalue weighted by molar-refractivity contribution is -0.137. The Morgan fingerprint density at radius 2 is 2.06 bits per heavy atom. The highest BCUT2D eigenvalue weighted by molar-refractivity contribution is 5.91. The topological polar surface area (TPSA) is 92.4 Å². The lowest BCUT2D eigenvalue weighted by Crippen LogP contribution is -2.12. The molecule has 0 spiro atoms. The van der Waals surface area contributed by atoms with E-state index in [1.807, 2.05) is 6.92 Å². The molecule has 0 saturated heterocycles. The molecule has 0 aliphatic rings. The Morgan fingerprint density at radius 1 is 1.35 bits per heavy atom. The number of hydrogen-bond donors (Lipinski definition) is 3. The number of carboxylic acids is 1. The van der Waals surface area contributed by atoms with Crippen molar-refractivity contribution in [1.29, 1.82) is 0 Å². The molecule has 1 aromatic rings. The molecule has 0 fully saturated rings. The number of nitrogens with two attached hydrogens (primary N) is 1. The first-order valence-electron chi connectivity index (χ1n) is 5.37. The summed E-state index contributed by atoms with van der Waals surface area (Å²) >= 11 is 0. The van der Waals surface area contributed by atoms with E-state index in [0.717, 1.165) is 5.56 Å². The predicted octanol–water partition coefficient (Wildman–Crippen LogP) is 1.77. The number of nitrogen functional groups attached to an aromatic ring is 1. The van der Waals surface area contributed by atoms with Gasteiger partial charge in [-0.3, -0.25) is 9.59 Å². The average molecular weight is 236 g/mol. The molecule has 0 unspecified atom stereocenters. The van der Waals surface area contributed by atoms with E-state index >= 15 is 0 Å². The van der Waals surface area contributed by atoms with Gasteiger partial charge in [0.25, 0.3) is 0 Å². The summed E-state index contributed by atoms with van der Waals surface area (Å²) in [7, 11) is 0. The summed E-state index contributed by atoms with van der Waals surface area (Å²) in [5.41, 5.74) is 7.83. The monoisotopic (exact) mass is 236 g/mol. The van der Waals surface area contributed by atoms with Crippen molar-refractivity contribution in [2.24, 2.45) is 0 Å². The van der Waals surface area contributed by atoms with Gasteiger partial charge in [-0.25, -0.2) is 0 Å². The van der Waals surface area contributed by atoms with Crippen LogP contribution in [-0.4, -0.2) is 17.0 Å². The molecule has 0 bridgehead atoms. The number of rotatable bonds is 5. The minimum atomic E-state index is -0.888. The van der Waals surface area contributed by atoms with E-state index in [4.69, 9.17) is 10.8 Å². The maximum Gasteiger partial charge on any atom is 0.303 e. The molecule has 0 saturated carbocycles. The number of carbonyl (C=O) groups excluding carboxylic acids is 1. The number of benzene rings is 1. The lowest BCUT2D eigenvalue weighted by Gasteiger charge is -2.08. The van der Waals surface area contributed by atoms with Crippen molar-refractivity contribution in [2.45, 2.75) is 26.2 Å². The van der Waals surface area contributed by atoms with Crippen LogP contribution in [0.3, 0.4) is 0 Å². The van der Waals surface area contributed by atoms with E-state index in [0.29, 0.717) is 17.8 Å². The van der Waals surface area contributed by atoms with Gasteiger partial charge in [0.1, 0.15) is 0 Å². The standard InChI is InChI=1S/C12H16N2O3/c1-8-7-9(13)5-6-10(8)14-11(15)3-2-4-12(16)17/h5-7H,2-4,13H2,1H3,(H,14,15)(H,16,17). The zero-order valence-electron chi connectivity index (χ0n) is 9.69. The Balaban J connectivity index is 2.48. The molecule has 1 aromatic carbocycles. The van der Waals surface area contributed by atoms with Gasteiger partial charge in [0.05, 0.1) is 0 Å². The number of carboxylic acid groups (broad SMARTS) is 1. The van der Waals surface area contributed by atoms with Crippen molar-refractivity contribution in [1.82, 2.24) is 0 Å². The van der Waals surface area contributed by atoms with Crippen molar-refractivity contribution in [2.75, 3.05) is 11.1 Å². The third-order valence-corrected chi connectivity index (χ3v) is 2.32. The average Bonchev–Trinajstić information content (AvgIpc) is 2.21. The highest BCUT2D eigenvalue weighted by Gasteiger charge is 2.06. The SMILES string of the molecule is Cc1cc(N)ccc1NC(=O)CCCC(=O)O. The summed E-state index contributed by atoms with van der Waals surface area (Å²) in [6.07, 6.45) is 0.555. The van der Waals surface area contributed by atoms with Crippen LogP contribution in [0.25, 0.3) is 0 Å². The van der Waals surface area contributed by atoms with Crippen LogP contribution in [0.1, 0.15) is 24.8 Å².